The Morgan fingerprint density at radius 1 is 1.07 bits per heavy atom. The molecule has 0 unspecified atom stereocenters. The van der Waals surface area contributed by atoms with Gasteiger partial charge in [-0.05, 0) is 27.7 Å². The smallest absolute Gasteiger partial charge is 0.325 e. The first-order valence-electron chi connectivity index (χ1n) is 9.63. The van der Waals surface area contributed by atoms with Gasteiger partial charge < -0.3 is 39.5 Å². The molecule has 0 spiro atoms. The van der Waals surface area contributed by atoms with Gasteiger partial charge in [0.25, 0.3) is 0 Å². The molecular weight excluding hydrogens is 386 g/mol. The standard InChI is InChI=1S/C18H31N3O8/c1-16(2)25-8-10(27-16)13-18(9-19,14-15(26-13)29-17(3,4)28-14)21-6-11(22)20-7-12(23)24-5/h10,13-15,21H,6-9,19H2,1-5H3,(H,20,22)/t10-,13-,14+,15-,18-/m1/s1. The minimum absolute atomic E-state index is 0.100. The van der Waals surface area contributed by atoms with E-state index in [0.29, 0.717) is 6.61 Å². The van der Waals surface area contributed by atoms with Crippen molar-refractivity contribution in [3.8, 4) is 0 Å². The Morgan fingerprint density at radius 2 is 1.79 bits per heavy atom. The summed E-state index contributed by atoms with van der Waals surface area (Å²) in [5.41, 5.74) is 5.23. The molecule has 3 aliphatic rings. The highest BCUT2D eigenvalue weighted by molar-refractivity contribution is 5.83. The van der Waals surface area contributed by atoms with Gasteiger partial charge in [0.2, 0.25) is 5.91 Å². The Labute approximate surface area is 169 Å². The summed E-state index contributed by atoms with van der Waals surface area (Å²) in [5, 5.41) is 5.68. The first-order chi connectivity index (χ1) is 13.5. The SMILES string of the molecule is COC(=O)CNC(=O)CN[C@]1(CN)[C@@H]([C@H]2COC(C)(C)O2)O[C@@H]2OC(C)(C)O[C@@H]21. The van der Waals surface area contributed by atoms with Gasteiger partial charge in [-0.25, -0.2) is 0 Å². The molecule has 29 heavy (non-hydrogen) atoms. The lowest BCUT2D eigenvalue weighted by atomic mass is 9.85. The summed E-state index contributed by atoms with van der Waals surface area (Å²) < 4.78 is 34.3. The van der Waals surface area contributed by atoms with Gasteiger partial charge in [0.15, 0.2) is 17.9 Å². The third kappa shape index (κ3) is 4.55. The molecule has 11 nitrogen and oxygen atoms in total. The number of carbonyl (C=O) groups excluding carboxylic acids is 2. The largest absolute Gasteiger partial charge is 0.468 e. The number of methoxy groups -OCH3 is 1. The minimum atomic E-state index is -0.963. The van der Waals surface area contributed by atoms with Crippen LogP contribution in [0.3, 0.4) is 0 Å². The monoisotopic (exact) mass is 417 g/mol. The van der Waals surface area contributed by atoms with Crippen LogP contribution in [0.5, 0.6) is 0 Å². The molecule has 0 saturated carbocycles. The van der Waals surface area contributed by atoms with Gasteiger partial charge in [0.1, 0.15) is 24.9 Å². The van der Waals surface area contributed by atoms with Crippen LogP contribution in [-0.2, 0) is 38.0 Å². The highest BCUT2D eigenvalue weighted by Crippen LogP contribution is 2.45. The fourth-order valence-electron chi connectivity index (χ4n) is 3.95. The van der Waals surface area contributed by atoms with Crippen LogP contribution in [-0.4, -0.2) is 86.9 Å². The third-order valence-electron chi connectivity index (χ3n) is 5.30. The molecule has 4 N–H and O–H groups in total. The number of amides is 1. The Bertz CT molecular complexity index is 643. The number of esters is 1. The zero-order valence-corrected chi connectivity index (χ0v) is 17.5. The fraction of sp³-hybridized carbons (Fsp3) is 0.889. The Hall–Kier alpha value is -1.34. The molecule has 166 valence electrons. The summed E-state index contributed by atoms with van der Waals surface area (Å²) in [7, 11) is 1.25. The molecule has 3 heterocycles. The van der Waals surface area contributed by atoms with Crippen LogP contribution in [0.25, 0.3) is 0 Å². The lowest BCUT2D eigenvalue weighted by Crippen LogP contribution is -2.68. The number of ether oxygens (including phenoxy) is 6. The van der Waals surface area contributed by atoms with Gasteiger partial charge in [-0.1, -0.05) is 0 Å². The third-order valence-corrected chi connectivity index (χ3v) is 5.30. The number of nitrogens with two attached hydrogens (primary N) is 1. The molecule has 3 fully saturated rings. The molecular formula is C18H31N3O8. The predicted octanol–water partition coefficient (Wildman–Crippen LogP) is -1.41. The van der Waals surface area contributed by atoms with Crippen molar-refractivity contribution < 1.29 is 38.0 Å². The van der Waals surface area contributed by atoms with Gasteiger partial charge in [-0.3, -0.25) is 14.9 Å². The van der Waals surface area contributed by atoms with Crippen molar-refractivity contribution >= 4 is 11.9 Å². The molecule has 3 rings (SSSR count). The molecule has 0 aromatic heterocycles. The highest BCUT2D eigenvalue weighted by Gasteiger charge is 2.65. The van der Waals surface area contributed by atoms with E-state index in [-0.39, 0.29) is 19.6 Å². The Balaban J connectivity index is 1.76. The van der Waals surface area contributed by atoms with Crippen LogP contribution in [0.2, 0.25) is 0 Å². The van der Waals surface area contributed by atoms with Gasteiger partial charge >= 0.3 is 5.97 Å². The maximum absolute atomic E-state index is 12.2. The number of hydrogen-bond donors (Lipinski definition) is 3. The Kier molecular flexibility index (Phi) is 6.21. The number of nitrogens with one attached hydrogen (secondary N) is 2. The summed E-state index contributed by atoms with van der Waals surface area (Å²) in [5.74, 6) is -2.55. The van der Waals surface area contributed by atoms with E-state index in [1.54, 1.807) is 13.8 Å². The summed E-state index contributed by atoms with van der Waals surface area (Å²) in [6.07, 6.45) is -2.24. The van der Waals surface area contributed by atoms with Gasteiger partial charge in [-0.15, -0.1) is 0 Å². The van der Waals surface area contributed by atoms with E-state index in [9.17, 15) is 9.59 Å². The van der Waals surface area contributed by atoms with Crippen molar-refractivity contribution in [2.75, 3.05) is 33.4 Å². The van der Waals surface area contributed by atoms with Crippen LogP contribution in [0.15, 0.2) is 0 Å². The second-order valence-electron chi connectivity index (χ2n) is 8.30. The van der Waals surface area contributed by atoms with E-state index < -0.39 is 53.6 Å². The molecule has 3 saturated heterocycles. The predicted molar refractivity (Wildman–Crippen MR) is 98.4 cm³/mol. The molecule has 1 amide bonds. The van der Waals surface area contributed by atoms with E-state index in [1.165, 1.54) is 7.11 Å². The molecule has 0 radical (unpaired) electrons. The zero-order chi connectivity index (χ0) is 21.4. The van der Waals surface area contributed by atoms with Crippen LogP contribution >= 0.6 is 0 Å². The van der Waals surface area contributed by atoms with Crippen molar-refractivity contribution in [1.82, 2.24) is 10.6 Å². The molecule has 11 heteroatoms. The summed E-state index contributed by atoms with van der Waals surface area (Å²) >= 11 is 0. The van der Waals surface area contributed by atoms with E-state index in [2.05, 4.69) is 15.4 Å². The average Bonchev–Trinajstić information content (AvgIpc) is 3.25. The van der Waals surface area contributed by atoms with Gasteiger partial charge in [0.05, 0.1) is 25.8 Å². The van der Waals surface area contributed by atoms with Crippen molar-refractivity contribution in [2.45, 2.75) is 69.4 Å². The van der Waals surface area contributed by atoms with Crippen molar-refractivity contribution in [3.05, 3.63) is 0 Å². The number of hydrogen-bond acceptors (Lipinski definition) is 10. The van der Waals surface area contributed by atoms with E-state index in [1.807, 2.05) is 13.8 Å². The second-order valence-corrected chi connectivity index (χ2v) is 8.30. The van der Waals surface area contributed by atoms with E-state index in [0.717, 1.165) is 0 Å². The van der Waals surface area contributed by atoms with E-state index in [4.69, 9.17) is 29.4 Å². The van der Waals surface area contributed by atoms with Crippen molar-refractivity contribution in [1.29, 1.82) is 0 Å². The molecule has 0 aromatic rings. The highest BCUT2D eigenvalue weighted by atomic mass is 16.8. The van der Waals surface area contributed by atoms with Gasteiger partial charge in [-0.2, -0.15) is 0 Å². The topological polar surface area (TPSA) is 140 Å². The van der Waals surface area contributed by atoms with Crippen LogP contribution in [0.4, 0.5) is 0 Å². The molecule has 0 aliphatic carbocycles. The first-order valence-corrected chi connectivity index (χ1v) is 9.63. The van der Waals surface area contributed by atoms with Crippen molar-refractivity contribution in [2.24, 2.45) is 5.73 Å². The van der Waals surface area contributed by atoms with Crippen molar-refractivity contribution in [3.63, 3.8) is 0 Å². The summed E-state index contributed by atoms with van der Waals surface area (Å²) in [6, 6.07) is 0. The minimum Gasteiger partial charge on any atom is -0.468 e. The van der Waals surface area contributed by atoms with E-state index >= 15 is 0 Å². The average molecular weight is 417 g/mol. The number of carbonyl (C=O) groups is 2. The maximum Gasteiger partial charge on any atom is 0.325 e. The fourth-order valence-corrected chi connectivity index (χ4v) is 3.95. The number of fused-ring (bicyclic) bond motifs is 1. The van der Waals surface area contributed by atoms with Crippen LogP contribution in [0.1, 0.15) is 27.7 Å². The van der Waals surface area contributed by atoms with Crippen LogP contribution < -0.4 is 16.4 Å². The zero-order valence-electron chi connectivity index (χ0n) is 17.5. The normalized spacial score (nSPS) is 37.3. The summed E-state index contributed by atoms with van der Waals surface area (Å²) in [4.78, 5) is 23.5. The Morgan fingerprint density at radius 3 is 2.38 bits per heavy atom. The summed E-state index contributed by atoms with van der Waals surface area (Å²) in [6.45, 7) is 7.27. The lowest BCUT2D eigenvalue weighted by molar-refractivity contribution is -0.230. The molecule has 5 atom stereocenters. The maximum atomic E-state index is 12.2. The number of rotatable bonds is 7. The quantitative estimate of drug-likeness (QED) is 0.423. The van der Waals surface area contributed by atoms with Crippen LogP contribution in [0, 0.1) is 0 Å². The van der Waals surface area contributed by atoms with Gasteiger partial charge in [0, 0.05) is 6.54 Å². The molecule has 3 aliphatic heterocycles. The first kappa shape index (κ1) is 22.3. The lowest BCUT2D eigenvalue weighted by Gasteiger charge is -2.40. The second kappa shape index (κ2) is 8.06. The molecule has 0 bridgehead atoms. The molecule has 0 aromatic carbocycles.